The van der Waals surface area contributed by atoms with Crippen molar-refractivity contribution in [3.05, 3.63) is 70.2 Å². The molecule has 1 atom stereocenters. The van der Waals surface area contributed by atoms with Crippen molar-refractivity contribution in [1.82, 2.24) is 10.2 Å². The van der Waals surface area contributed by atoms with Crippen LogP contribution in [0.2, 0.25) is 5.02 Å². The lowest BCUT2D eigenvalue weighted by Crippen LogP contribution is -2.48. The Morgan fingerprint density at radius 3 is 2.31 bits per heavy atom. The molecule has 0 aromatic heterocycles. The Hall–Kier alpha value is -2.33. The molecule has 2 rings (SSSR count). The van der Waals surface area contributed by atoms with Gasteiger partial charge in [-0.2, -0.15) is 0 Å². The van der Waals surface area contributed by atoms with Crippen molar-refractivity contribution in [3.63, 3.8) is 0 Å². The molecule has 0 aliphatic carbocycles. The van der Waals surface area contributed by atoms with Crippen LogP contribution >= 0.6 is 11.6 Å². The monoisotopic (exact) mass is 372 g/mol. The molecule has 0 aliphatic heterocycles. The van der Waals surface area contributed by atoms with E-state index in [9.17, 15) is 9.59 Å². The number of carbonyl (C=O) groups excluding carboxylic acids is 2. The summed E-state index contributed by atoms with van der Waals surface area (Å²) in [4.78, 5) is 27.0. The molecule has 0 aliphatic rings. The van der Waals surface area contributed by atoms with Crippen molar-refractivity contribution in [3.8, 4) is 0 Å². The van der Waals surface area contributed by atoms with E-state index in [1.165, 1.54) is 0 Å². The van der Waals surface area contributed by atoms with E-state index in [0.717, 1.165) is 16.7 Å². The van der Waals surface area contributed by atoms with Gasteiger partial charge in [-0.15, -0.1) is 0 Å². The predicted octanol–water partition coefficient (Wildman–Crippen LogP) is 3.74. The smallest absolute Gasteiger partial charge is 0.242 e. The van der Waals surface area contributed by atoms with Crippen molar-refractivity contribution >= 4 is 23.4 Å². The number of nitrogens with one attached hydrogen (secondary N) is 1. The molecule has 5 heteroatoms. The Morgan fingerprint density at radius 2 is 1.69 bits per heavy atom. The molecule has 0 spiro atoms. The summed E-state index contributed by atoms with van der Waals surface area (Å²) in [5.74, 6) is -0.268. The highest BCUT2D eigenvalue weighted by Gasteiger charge is 2.26. The van der Waals surface area contributed by atoms with Crippen LogP contribution in [0.15, 0.2) is 48.5 Å². The van der Waals surface area contributed by atoms with E-state index in [2.05, 4.69) is 5.32 Å². The third-order valence-electron chi connectivity index (χ3n) is 4.42. The average Bonchev–Trinajstić information content (AvgIpc) is 2.62. The number of likely N-dealkylation sites (N-methyl/N-ethyl adjacent to an activating group) is 1. The van der Waals surface area contributed by atoms with E-state index < -0.39 is 6.04 Å². The Balaban J connectivity index is 2.27. The molecular formula is C21H25ClN2O2. The SMILES string of the molecule is CCNC(=O)[C@H](C)N(Cc1ccccc1Cl)C(=O)Cc1ccccc1C. The largest absolute Gasteiger partial charge is 0.355 e. The number of hydrogen-bond acceptors (Lipinski definition) is 2. The third-order valence-corrected chi connectivity index (χ3v) is 4.79. The number of benzene rings is 2. The lowest BCUT2D eigenvalue weighted by molar-refractivity contribution is -0.140. The van der Waals surface area contributed by atoms with Gasteiger partial charge in [-0.05, 0) is 43.5 Å². The molecule has 0 saturated carbocycles. The van der Waals surface area contributed by atoms with Crippen LogP contribution < -0.4 is 5.32 Å². The first-order valence-corrected chi connectivity index (χ1v) is 9.17. The van der Waals surface area contributed by atoms with Gasteiger partial charge in [0.1, 0.15) is 6.04 Å². The Morgan fingerprint density at radius 1 is 1.08 bits per heavy atom. The fourth-order valence-corrected chi connectivity index (χ4v) is 2.98. The van der Waals surface area contributed by atoms with E-state index in [4.69, 9.17) is 11.6 Å². The van der Waals surface area contributed by atoms with Crippen LogP contribution in [0.5, 0.6) is 0 Å². The number of rotatable bonds is 7. The van der Waals surface area contributed by atoms with Crippen molar-refractivity contribution in [2.24, 2.45) is 0 Å². The van der Waals surface area contributed by atoms with Gasteiger partial charge in [0, 0.05) is 18.1 Å². The Kier molecular flexibility index (Phi) is 7.22. The molecule has 2 amide bonds. The Bertz CT molecular complexity index is 776. The van der Waals surface area contributed by atoms with E-state index in [1.54, 1.807) is 17.9 Å². The van der Waals surface area contributed by atoms with Crippen LogP contribution in [0.4, 0.5) is 0 Å². The highest BCUT2D eigenvalue weighted by Crippen LogP contribution is 2.20. The number of nitrogens with zero attached hydrogens (tertiary/aromatic N) is 1. The minimum absolute atomic E-state index is 0.0991. The second kappa shape index (κ2) is 9.39. The summed E-state index contributed by atoms with van der Waals surface area (Å²) < 4.78 is 0. The van der Waals surface area contributed by atoms with Gasteiger partial charge < -0.3 is 10.2 Å². The second-order valence-corrected chi connectivity index (χ2v) is 6.69. The second-order valence-electron chi connectivity index (χ2n) is 6.29. The van der Waals surface area contributed by atoms with Crippen LogP contribution in [0.3, 0.4) is 0 Å². The van der Waals surface area contributed by atoms with Gasteiger partial charge >= 0.3 is 0 Å². The molecule has 4 nitrogen and oxygen atoms in total. The highest BCUT2D eigenvalue weighted by atomic mass is 35.5. The average molecular weight is 373 g/mol. The topological polar surface area (TPSA) is 49.4 Å². The summed E-state index contributed by atoms with van der Waals surface area (Å²) in [7, 11) is 0. The van der Waals surface area contributed by atoms with Crippen molar-refractivity contribution in [1.29, 1.82) is 0 Å². The van der Waals surface area contributed by atoms with E-state index in [1.807, 2.05) is 56.3 Å². The summed E-state index contributed by atoms with van der Waals surface area (Å²) >= 11 is 6.27. The van der Waals surface area contributed by atoms with Crippen molar-refractivity contribution in [2.75, 3.05) is 6.54 Å². The van der Waals surface area contributed by atoms with Gasteiger partial charge in [0.25, 0.3) is 0 Å². The summed E-state index contributed by atoms with van der Waals surface area (Å²) in [6.45, 7) is 6.40. The summed E-state index contributed by atoms with van der Waals surface area (Å²) in [5.41, 5.74) is 2.84. The standard InChI is InChI=1S/C21H25ClN2O2/c1-4-23-21(26)16(3)24(14-18-11-7-8-12-19(18)22)20(25)13-17-10-6-5-9-15(17)2/h5-12,16H,4,13-14H2,1-3H3,(H,23,26)/t16-/m0/s1. The fourth-order valence-electron chi connectivity index (χ4n) is 2.79. The Labute approximate surface area is 160 Å². The van der Waals surface area contributed by atoms with Gasteiger partial charge in [0.15, 0.2) is 0 Å². The van der Waals surface area contributed by atoms with Crippen LogP contribution in [0.25, 0.3) is 0 Å². The van der Waals surface area contributed by atoms with E-state index >= 15 is 0 Å². The van der Waals surface area contributed by atoms with Crippen LogP contribution in [-0.4, -0.2) is 29.3 Å². The molecule has 0 heterocycles. The summed E-state index contributed by atoms with van der Waals surface area (Å²) in [6.07, 6.45) is 0.251. The molecule has 0 radical (unpaired) electrons. The van der Waals surface area contributed by atoms with Crippen LogP contribution in [-0.2, 0) is 22.6 Å². The first-order valence-electron chi connectivity index (χ1n) is 8.79. The van der Waals surface area contributed by atoms with Gasteiger partial charge in [0.2, 0.25) is 11.8 Å². The molecular weight excluding hydrogens is 348 g/mol. The van der Waals surface area contributed by atoms with Crippen LogP contribution in [0, 0.1) is 6.92 Å². The lowest BCUT2D eigenvalue weighted by Gasteiger charge is -2.29. The number of carbonyl (C=O) groups is 2. The molecule has 0 fully saturated rings. The number of amides is 2. The molecule has 138 valence electrons. The van der Waals surface area contributed by atoms with Gasteiger partial charge in [-0.3, -0.25) is 9.59 Å². The fraction of sp³-hybridized carbons (Fsp3) is 0.333. The number of halogens is 1. The molecule has 0 saturated heterocycles. The van der Waals surface area contributed by atoms with E-state index in [0.29, 0.717) is 18.1 Å². The summed E-state index contributed by atoms with van der Waals surface area (Å²) in [6, 6.07) is 14.6. The highest BCUT2D eigenvalue weighted by molar-refractivity contribution is 6.31. The quantitative estimate of drug-likeness (QED) is 0.804. The third kappa shape index (κ3) is 5.09. The molecule has 0 unspecified atom stereocenters. The molecule has 2 aromatic rings. The first-order chi connectivity index (χ1) is 12.4. The van der Waals surface area contributed by atoms with Crippen molar-refractivity contribution in [2.45, 2.75) is 39.8 Å². The maximum atomic E-state index is 13.0. The van der Waals surface area contributed by atoms with Crippen LogP contribution in [0.1, 0.15) is 30.5 Å². The lowest BCUT2D eigenvalue weighted by atomic mass is 10.0. The zero-order valence-corrected chi connectivity index (χ0v) is 16.2. The molecule has 26 heavy (non-hydrogen) atoms. The van der Waals surface area contributed by atoms with E-state index in [-0.39, 0.29) is 18.2 Å². The molecule has 1 N–H and O–H groups in total. The number of hydrogen-bond donors (Lipinski definition) is 1. The number of aryl methyl sites for hydroxylation is 1. The minimum Gasteiger partial charge on any atom is -0.355 e. The van der Waals surface area contributed by atoms with Gasteiger partial charge in [-0.25, -0.2) is 0 Å². The van der Waals surface area contributed by atoms with Gasteiger partial charge in [0.05, 0.1) is 6.42 Å². The zero-order chi connectivity index (χ0) is 19.1. The summed E-state index contributed by atoms with van der Waals surface area (Å²) in [5, 5.41) is 3.38. The predicted molar refractivity (Wildman–Crippen MR) is 105 cm³/mol. The minimum atomic E-state index is -0.581. The molecule has 2 aromatic carbocycles. The zero-order valence-electron chi connectivity index (χ0n) is 15.5. The van der Waals surface area contributed by atoms with Crippen molar-refractivity contribution < 1.29 is 9.59 Å². The van der Waals surface area contributed by atoms with Gasteiger partial charge in [-0.1, -0.05) is 54.1 Å². The maximum absolute atomic E-state index is 13.0. The maximum Gasteiger partial charge on any atom is 0.242 e. The first kappa shape index (κ1) is 20.0. The molecule has 0 bridgehead atoms. The normalized spacial score (nSPS) is 11.7.